The van der Waals surface area contributed by atoms with Crippen LogP contribution in [0.1, 0.15) is 5.69 Å². The summed E-state index contributed by atoms with van der Waals surface area (Å²) in [5.74, 6) is 0.921. The molecule has 154 valence electrons. The third-order valence-electron chi connectivity index (χ3n) is 4.29. The Bertz CT molecular complexity index is 1110. The van der Waals surface area contributed by atoms with Crippen LogP contribution in [0.25, 0.3) is 0 Å². The van der Waals surface area contributed by atoms with E-state index in [4.69, 9.17) is 0 Å². The molecule has 3 aromatic rings. The average molecular weight is 407 g/mol. The lowest BCUT2D eigenvalue weighted by Crippen LogP contribution is -2.36. The van der Waals surface area contributed by atoms with Crippen molar-refractivity contribution in [2.75, 3.05) is 13.2 Å². The maximum absolute atomic E-state index is 9.26. The Labute approximate surface area is 174 Å². The number of hydrogen-bond acceptors (Lipinski definition) is 5. The third kappa shape index (κ3) is 5.49. The van der Waals surface area contributed by atoms with E-state index in [-0.39, 0.29) is 13.2 Å². The first kappa shape index (κ1) is 21.2. The van der Waals surface area contributed by atoms with Gasteiger partial charge in [0.2, 0.25) is 0 Å². The standard InChI is InChI=1S/C21H25N7O2/c1-26-11-5-2-8-18(26)21(24-22-19-9-3-6-12-27(19)14-16-29)25-23-20-10-4-7-13-28(20)15-17-30/h2-13,29-30H,14-17H2,1H3/q+2. The van der Waals surface area contributed by atoms with E-state index in [1.165, 1.54) is 0 Å². The van der Waals surface area contributed by atoms with Gasteiger partial charge >= 0.3 is 5.82 Å². The Morgan fingerprint density at radius 3 is 2.57 bits per heavy atom. The third-order valence-corrected chi connectivity index (χ3v) is 4.29. The van der Waals surface area contributed by atoms with Crippen LogP contribution in [-0.2, 0) is 20.1 Å². The SMILES string of the molecule is C[n+]1ccccc1C(N=Nc1cccc[n+]1CCO)=NN=c1ccccn1CCO. The molecule has 9 nitrogen and oxygen atoms in total. The molecule has 0 amide bonds. The minimum Gasteiger partial charge on any atom is -0.395 e. The van der Waals surface area contributed by atoms with Crippen LogP contribution in [-0.4, -0.2) is 33.8 Å². The van der Waals surface area contributed by atoms with Gasteiger partial charge in [-0.3, -0.25) is 0 Å². The summed E-state index contributed by atoms with van der Waals surface area (Å²) >= 11 is 0. The number of rotatable bonds is 7. The van der Waals surface area contributed by atoms with Crippen LogP contribution >= 0.6 is 0 Å². The second kappa shape index (κ2) is 10.8. The smallest absolute Gasteiger partial charge is 0.350 e. The van der Waals surface area contributed by atoms with E-state index in [1.54, 1.807) is 9.13 Å². The summed E-state index contributed by atoms with van der Waals surface area (Å²) in [5, 5.41) is 35.9. The van der Waals surface area contributed by atoms with Crippen molar-refractivity contribution in [3.63, 3.8) is 0 Å². The molecule has 0 aliphatic heterocycles. The van der Waals surface area contributed by atoms with Gasteiger partial charge in [0, 0.05) is 30.9 Å². The van der Waals surface area contributed by atoms with Gasteiger partial charge in [-0.2, -0.15) is 4.57 Å². The van der Waals surface area contributed by atoms with Crippen molar-refractivity contribution in [2.45, 2.75) is 13.1 Å². The van der Waals surface area contributed by atoms with Crippen LogP contribution in [0.15, 0.2) is 93.6 Å². The first-order valence-corrected chi connectivity index (χ1v) is 9.57. The van der Waals surface area contributed by atoms with Crippen LogP contribution in [0, 0.1) is 0 Å². The Hall–Kier alpha value is -3.56. The quantitative estimate of drug-likeness (QED) is 0.197. The zero-order chi connectivity index (χ0) is 21.2. The van der Waals surface area contributed by atoms with Crippen molar-refractivity contribution >= 4 is 11.7 Å². The maximum atomic E-state index is 9.26. The Balaban J connectivity index is 2.06. The van der Waals surface area contributed by atoms with Crippen molar-refractivity contribution in [3.05, 3.63) is 84.4 Å². The minimum absolute atomic E-state index is 0.0000106. The number of aryl methyl sites for hydroxylation is 1. The lowest BCUT2D eigenvalue weighted by molar-refractivity contribution is -0.685. The van der Waals surface area contributed by atoms with Gasteiger partial charge in [0.05, 0.1) is 24.5 Å². The number of hydrogen-bond donors (Lipinski definition) is 2. The van der Waals surface area contributed by atoms with Crippen LogP contribution in [0.5, 0.6) is 0 Å². The summed E-state index contributed by atoms with van der Waals surface area (Å²) in [6.45, 7) is 0.826. The Kier molecular flexibility index (Phi) is 7.64. The summed E-state index contributed by atoms with van der Waals surface area (Å²) in [6, 6.07) is 16.7. The van der Waals surface area contributed by atoms with E-state index in [9.17, 15) is 10.2 Å². The number of azo groups is 1. The summed E-state index contributed by atoms with van der Waals surface area (Å²) in [6.07, 6.45) is 5.55. The molecule has 0 unspecified atom stereocenters. The highest BCUT2D eigenvalue weighted by Crippen LogP contribution is 2.07. The lowest BCUT2D eigenvalue weighted by atomic mass is 10.3. The van der Waals surface area contributed by atoms with Crippen molar-refractivity contribution in [1.82, 2.24) is 4.57 Å². The maximum Gasteiger partial charge on any atom is 0.350 e. The number of nitrogens with zero attached hydrogens (tertiary/aromatic N) is 7. The molecule has 3 rings (SSSR count). The number of pyridine rings is 3. The topological polar surface area (TPSA) is 103 Å². The molecule has 0 aliphatic carbocycles. The van der Waals surface area contributed by atoms with Gasteiger partial charge in [-0.25, -0.2) is 4.57 Å². The zero-order valence-corrected chi connectivity index (χ0v) is 16.8. The summed E-state index contributed by atoms with van der Waals surface area (Å²) < 4.78 is 5.48. The predicted molar refractivity (Wildman–Crippen MR) is 109 cm³/mol. The van der Waals surface area contributed by atoms with Crippen molar-refractivity contribution in [2.24, 2.45) is 27.5 Å². The first-order valence-electron chi connectivity index (χ1n) is 9.57. The van der Waals surface area contributed by atoms with Crippen LogP contribution in [0.2, 0.25) is 0 Å². The van der Waals surface area contributed by atoms with Crippen LogP contribution in [0.3, 0.4) is 0 Å². The largest absolute Gasteiger partial charge is 0.395 e. The van der Waals surface area contributed by atoms with Gasteiger partial charge in [0.1, 0.15) is 13.6 Å². The molecule has 3 aromatic heterocycles. The Morgan fingerprint density at radius 2 is 1.77 bits per heavy atom. The van der Waals surface area contributed by atoms with E-state index in [2.05, 4.69) is 20.4 Å². The highest BCUT2D eigenvalue weighted by atomic mass is 16.3. The van der Waals surface area contributed by atoms with Gasteiger partial charge in [-0.15, -0.1) is 10.2 Å². The second-order valence-corrected chi connectivity index (χ2v) is 6.37. The fourth-order valence-electron chi connectivity index (χ4n) is 2.79. The number of aromatic nitrogens is 3. The molecule has 0 saturated heterocycles. The predicted octanol–water partition coefficient (Wildman–Crippen LogP) is 0.631. The van der Waals surface area contributed by atoms with Crippen LogP contribution in [0.4, 0.5) is 5.82 Å². The molecule has 0 saturated carbocycles. The summed E-state index contributed by atoms with van der Waals surface area (Å²) in [4.78, 5) is 0. The minimum atomic E-state index is -0.0000106. The number of amidine groups is 1. The van der Waals surface area contributed by atoms with E-state index >= 15 is 0 Å². The molecule has 0 aromatic carbocycles. The van der Waals surface area contributed by atoms with Gasteiger partial charge in [-0.05, 0) is 29.4 Å². The highest BCUT2D eigenvalue weighted by molar-refractivity contribution is 5.96. The number of aliphatic hydroxyl groups excluding tert-OH is 2. The average Bonchev–Trinajstić information content (AvgIpc) is 2.77. The first-order chi connectivity index (χ1) is 14.7. The molecule has 2 N–H and O–H groups in total. The van der Waals surface area contributed by atoms with E-state index in [0.717, 1.165) is 5.69 Å². The summed E-state index contributed by atoms with van der Waals surface area (Å²) in [5.41, 5.74) is 1.33. The van der Waals surface area contributed by atoms with Crippen LogP contribution < -0.4 is 14.6 Å². The molecule has 0 fully saturated rings. The van der Waals surface area contributed by atoms with E-state index in [0.29, 0.717) is 30.2 Å². The van der Waals surface area contributed by atoms with Crippen molar-refractivity contribution < 1.29 is 19.3 Å². The molecule has 0 radical (unpaired) electrons. The zero-order valence-electron chi connectivity index (χ0n) is 16.8. The molecular formula is C21H25N7O2+2. The fraction of sp³-hybridized carbons (Fsp3) is 0.238. The van der Waals surface area contributed by atoms with E-state index < -0.39 is 0 Å². The molecule has 0 aliphatic rings. The highest BCUT2D eigenvalue weighted by Gasteiger charge is 2.17. The number of aliphatic hydroxyl groups is 2. The normalized spacial score (nSPS) is 12.6. The van der Waals surface area contributed by atoms with Crippen molar-refractivity contribution in [3.8, 4) is 0 Å². The molecule has 3 heterocycles. The molecule has 9 heteroatoms. The molecule has 0 atom stereocenters. The second-order valence-electron chi connectivity index (χ2n) is 6.37. The lowest BCUT2D eigenvalue weighted by Gasteiger charge is -2.02. The summed E-state index contributed by atoms with van der Waals surface area (Å²) in [7, 11) is 1.89. The molecule has 0 bridgehead atoms. The molecule has 30 heavy (non-hydrogen) atoms. The fourth-order valence-corrected chi connectivity index (χ4v) is 2.79. The van der Waals surface area contributed by atoms with Gasteiger partial charge in [0.25, 0.3) is 11.5 Å². The molecular weight excluding hydrogens is 382 g/mol. The van der Waals surface area contributed by atoms with Gasteiger partial charge < -0.3 is 14.8 Å². The van der Waals surface area contributed by atoms with Crippen molar-refractivity contribution in [1.29, 1.82) is 0 Å². The van der Waals surface area contributed by atoms with Gasteiger partial charge in [-0.1, -0.05) is 12.1 Å². The monoisotopic (exact) mass is 407 g/mol. The Morgan fingerprint density at radius 1 is 0.967 bits per heavy atom. The van der Waals surface area contributed by atoms with Gasteiger partial charge in [0.15, 0.2) is 11.7 Å². The van der Waals surface area contributed by atoms with E-state index in [1.807, 2.05) is 84.8 Å². The molecule has 0 spiro atoms.